The lowest BCUT2D eigenvalue weighted by Gasteiger charge is -2.12. The highest BCUT2D eigenvalue weighted by atomic mass is 16.2. The molecule has 0 bridgehead atoms. The van der Waals surface area contributed by atoms with Crippen molar-refractivity contribution < 1.29 is 4.79 Å². The van der Waals surface area contributed by atoms with Crippen LogP contribution in [0.15, 0.2) is 0 Å². The maximum absolute atomic E-state index is 11.6. The fourth-order valence-electron chi connectivity index (χ4n) is 1.07. The summed E-state index contributed by atoms with van der Waals surface area (Å²) in [6.45, 7) is 7.97. The molecule has 0 aromatic carbocycles. The van der Waals surface area contributed by atoms with Gasteiger partial charge in [-0.05, 0) is 6.92 Å². The molecule has 0 aliphatic heterocycles. The smallest absolute Gasteiger partial charge is 0.290 e. The summed E-state index contributed by atoms with van der Waals surface area (Å²) in [4.78, 5) is 15.8. The third-order valence-corrected chi connectivity index (χ3v) is 2.19. The monoisotopic (exact) mass is 235 g/mol. The van der Waals surface area contributed by atoms with Crippen LogP contribution < -0.4 is 5.32 Å². The van der Waals surface area contributed by atoms with Gasteiger partial charge in [-0.15, -0.1) is 5.10 Å². The SMILES string of the molecule is CC(C#N)CNC(=O)c1n[nH]c(C(C)(C)C)n1. The molecule has 1 rings (SSSR count). The van der Waals surface area contributed by atoms with E-state index in [1.54, 1.807) is 6.92 Å². The summed E-state index contributed by atoms with van der Waals surface area (Å²) in [5, 5.41) is 17.8. The van der Waals surface area contributed by atoms with Crippen LogP contribution in [0.4, 0.5) is 0 Å². The molecule has 0 spiro atoms. The van der Waals surface area contributed by atoms with E-state index in [1.165, 1.54) is 0 Å². The Morgan fingerprint density at radius 2 is 2.24 bits per heavy atom. The summed E-state index contributed by atoms with van der Waals surface area (Å²) in [7, 11) is 0. The van der Waals surface area contributed by atoms with Gasteiger partial charge in [0.05, 0.1) is 12.0 Å². The first kappa shape index (κ1) is 13.2. The Bertz CT molecular complexity index is 437. The molecule has 6 nitrogen and oxygen atoms in total. The first-order valence-electron chi connectivity index (χ1n) is 5.45. The fourth-order valence-corrected chi connectivity index (χ4v) is 1.07. The van der Waals surface area contributed by atoms with E-state index in [2.05, 4.69) is 20.5 Å². The Labute approximate surface area is 100 Å². The maximum Gasteiger partial charge on any atom is 0.290 e. The number of nitrogens with zero attached hydrogens (tertiary/aromatic N) is 3. The van der Waals surface area contributed by atoms with E-state index in [-0.39, 0.29) is 23.1 Å². The number of H-pyrrole nitrogens is 1. The van der Waals surface area contributed by atoms with Crippen molar-refractivity contribution in [2.75, 3.05) is 6.54 Å². The van der Waals surface area contributed by atoms with Gasteiger partial charge in [-0.25, -0.2) is 4.98 Å². The van der Waals surface area contributed by atoms with E-state index >= 15 is 0 Å². The van der Waals surface area contributed by atoms with Crippen LogP contribution in [0.25, 0.3) is 0 Å². The van der Waals surface area contributed by atoms with Gasteiger partial charge in [0.1, 0.15) is 5.82 Å². The average molecular weight is 235 g/mol. The molecular weight excluding hydrogens is 218 g/mol. The second kappa shape index (κ2) is 4.95. The summed E-state index contributed by atoms with van der Waals surface area (Å²) in [5.74, 6) is 0.190. The Balaban J connectivity index is 2.65. The average Bonchev–Trinajstić information content (AvgIpc) is 2.74. The molecule has 0 aliphatic carbocycles. The molecular formula is C11H17N5O. The molecule has 1 atom stereocenters. The minimum Gasteiger partial charge on any atom is -0.348 e. The number of hydrogen-bond donors (Lipinski definition) is 2. The highest BCUT2D eigenvalue weighted by Gasteiger charge is 2.21. The zero-order valence-corrected chi connectivity index (χ0v) is 10.5. The minimum atomic E-state index is -0.362. The topological polar surface area (TPSA) is 94.5 Å². The van der Waals surface area contributed by atoms with Gasteiger partial charge in [-0.1, -0.05) is 20.8 Å². The number of hydrogen-bond acceptors (Lipinski definition) is 4. The predicted molar refractivity (Wildman–Crippen MR) is 62.2 cm³/mol. The number of aromatic amines is 1. The molecule has 0 saturated carbocycles. The van der Waals surface area contributed by atoms with Crippen LogP contribution >= 0.6 is 0 Å². The van der Waals surface area contributed by atoms with Gasteiger partial charge in [0.15, 0.2) is 0 Å². The molecule has 1 amide bonds. The Hall–Kier alpha value is -1.90. The summed E-state index contributed by atoms with van der Waals surface area (Å²) in [6.07, 6.45) is 0. The van der Waals surface area contributed by atoms with Gasteiger partial charge < -0.3 is 5.32 Å². The third kappa shape index (κ3) is 3.55. The van der Waals surface area contributed by atoms with Gasteiger partial charge >= 0.3 is 0 Å². The van der Waals surface area contributed by atoms with E-state index in [1.807, 2.05) is 26.8 Å². The summed E-state index contributed by atoms with van der Waals surface area (Å²) < 4.78 is 0. The lowest BCUT2D eigenvalue weighted by molar-refractivity contribution is 0.0940. The van der Waals surface area contributed by atoms with E-state index in [4.69, 9.17) is 5.26 Å². The lowest BCUT2D eigenvalue weighted by atomic mass is 9.96. The van der Waals surface area contributed by atoms with Crippen LogP contribution in [0.2, 0.25) is 0 Å². The molecule has 0 saturated heterocycles. The molecule has 1 aromatic rings. The van der Waals surface area contributed by atoms with Crippen molar-refractivity contribution in [3.63, 3.8) is 0 Å². The molecule has 0 aliphatic rings. The van der Waals surface area contributed by atoms with Crippen molar-refractivity contribution in [3.8, 4) is 6.07 Å². The van der Waals surface area contributed by atoms with Gasteiger partial charge in [0.25, 0.3) is 5.91 Å². The van der Waals surface area contributed by atoms with E-state index in [0.29, 0.717) is 12.4 Å². The lowest BCUT2D eigenvalue weighted by Crippen LogP contribution is -2.28. The maximum atomic E-state index is 11.6. The van der Waals surface area contributed by atoms with Crippen LogP contribution in [0.1, 0.15) is 44.1 Å². The number of aromatic nitrogens is 3. The number of nitrogens with one attached hydrogen (secondary N) is 2. The highest BCUT2D eigenvalue weighted by molar-refractivity contribution is 5.90. The molecule has 2 N–H and O–H groups in total. The fraction of sp³-hybridized carbons (Fsp3) is 0.636. The second-order valence-corrected chi connectivity index (χ2v) is 5.00. The van der Waals surface area contributed by atoms with Crippen LogP contribution in [0.3, 0.4) is 0 Å². The number of nitriles is 1. The predicted octanol–water partition coefficient (Wildman–Crippen LogP) is 0.992. The van der Waals surface area contributed by atoms with Crippen molar-refractivity contribution in [2.24, 2.45) is 5.92 Å². The second-order valence-electron chi connectivity index (χ2n) is 5.00. The Morgan fingerprint density at radius 1 is 1.59 bits per heavy atom. The zero-order chi connectivity index (χ0) is 13.1. The largest absolute Gasteiger partial charge is 0.348 e. The molecule has 0 radical (unpaired) electrons. The van der Waals surface area contributed by atoms with E-state index in [0.717, 1.165) is 0 Å². The number of carbonyl (C=O) groups is 1. The minimum absolute atomic E-state index is 0.111. The van der Waals surface area contributed by atoms with E-state index < -0.39 is 0 Å². The Morgan fingerprint density at radius 3 is 2.71 bits per heavy atom. The van der Waals surface area contributed by atoms with E-state index in [9.17, 15) is 4.79 Å². The quantitative estimate of drug-likeness (QED) is 0.816. The van der Waals surface area contributed by atoms with Gasteiger partial charge in [-0.2, -0.15) is 5.26 Å². The van der Waals surface area contributed by atoms with Crippen LogP contribution in [-0.4, -0.2) is 27.6 Å². The first-order chi connectivity index (χ1) is 7.84. The van der Waals surface area contributed by atoms with Gasteiger partial charge in [0.2, 0.25) is 5.82 Å². The first-order valence-corrected chi connectivity index (χ1v) is 5.45. The van der Waals surface area contributed by atoms with Gasteiger partial charge in [-0.3, -0.25) is 9.89 Å². The van der Waals surface area contributed by atoms with Crippen LogP contribution in [-0.2, 0) is 5.41 Å². The highest BCUT2D eigenvalue weighted by Crippen LogP contribution is 2.17. The van der Waals surface area contributed by atoms with Crippen LogP contribution in [0.5, 0.6) is 0 Å². The molecule has 17 heavy (non-hydrogen) atoms. The van der Waals surface area contributed by atoms with Gasteiger partial charge in [0, 0.05) is 12.0 Å². The zero-order valence-electron chi connectivity index (χ0n) is 10.5. The summed E-state index contributed by atoms with van der Waals surface area (Å²) >= 11 is 0. The molecule has 1 unspecified atom stereocenters. The number of rotatable bonds is 3. The molecule has 6 heteroatoms. The number of carbonyl (C=O) groups excluding carboxylic acids is 1. The molecule has 92 valence electrons. The van der Waals surface area contributed by atoms with Crippen LogP contribution in [0, 0.1) is 17.2 Å². The number of amides is 1. The van der Waals surface area contributed by atoms with Crippen molar-refractivity contribution in [1.29, 1.82) is 5.26 Å². The summed E-state index contributed by atoms with van der Waals surface area (Å²) in [6, 6.07) is 2.04. The third-order valence-electron chi connectivity index (χ3n) is 2.19. The molecule has 0 fully saturated rings. The molecule has 1 aromatic heterocycles. The van der Waals surface area contributed by atoms with Crippen molar-refractivity contribution >= 4 is 5.91 Å². The van der Waals surface area contributed by atoms with Crippen molar-refractivity contribution in [1.82, 2.24) is 20.5 Å². The normalized spacial score (nSPS) is 12.9. The Kier molecular flexibility index (Phi) is 3.84. The summed E-state index contributed by atoms with van der Waals surface area (Å²) in [5.41, 5.74) is -0.175. The van der Waals surface area contributed by atoms with Crippen molar-refractivity contribution in [2.45, 2.75) is 33.1 Å². The standard InChI is InChI=1S/C11H17N5O/c1-7(5-12)6-13-9(17)8-14-10(16-15-8)11(2,3)4/h7H,6H2,1-4H3,(H,13,17)(H,14,15,16). The molecule has 1 heterocycles. The van der Waals surface area contributed by atoms with Crippen molar-refractivity contribution in [3.05, 3.63) is 11.6 Å².